The minimum atomic E-state index is -0.826. The zero-order valence-electron chi connectivity index (χ0n) is 14.4. The molecule has 0 saturated heterocycles. The van der Waals surface area contributed by atoms with Gasteiger partial charge in [0.1, 0.15) is 11.5 Å². The summed E-state index contributed by atoms with van der Waals surface area (Å²) >= 11 is 0. The third-order valence-electron chi connectivity index (χ3n) is 4.06. The number of rotatable bonds is 8. The van der Waals surface area contributed by atoms with Crippen LogP contribution in [0.25, 0.3) is 0 Å². The van der Waals surface area contributed by atoms with Crippen LogP contribution in [-0.2, 0) is 17.6 Å². The molecule has 0 fully saturated rings. The summed E-state index contributed by atoms with van der Waals surface area (Å²) in [5, 5.41) is 9.63. The number of benzene rings is 2. The third-order valence-corrected chi connectivity index (χ3v) is 4.06. The number of aliphatic carboxylic acids is 1. The van der Waals surface area contributed by atoms with Crippen LogP contribution in [0.15, 0.2) is 42.5 Å². The second-order valence-corrected chi connectivity index (χ2v) is 5.60. The Hall–Kier alpha value is -2.49. The van der Waals surface area contributed by atoms with Crippen LogP contribution < -0.4 is 9.47 Å². The molecule has 1 N–H and O–H groups in total. The molecule has 0 spiro atoms. The second kappa shape index (κ2) is 8.39. The lowest BCUT2D eigenvalue weighted by Gasteiger charge is -2.15. The van der Waals surface area contributed by atoms with Crippen LogP contribution in [0.5, 0.6) is 11.5 Å². The summed E-state index contributed by atoms with van der Waals surface area (Å²) in [6, 6.07) is 13.2. The van der Waals surface area contributed by atoms with Gasteiger partial charge < -0.3 is 14.6 Å². The van der Waals surface area contributed by atoms with Gasteiger partial charge >= 0.3 is 5.97 Å². The average molecular weight is 328 g/mol. The van der Waals surface area contributed by atoms with Gasteiger partial charge in [0.15, 0.2) is 0 Å². The highest BCUT2D eigenvalue weighted by Gasteiger charge is 2.21. The van der Waals surface area contributed by atoms with Gasteiger partial charge in [-0.15, -0.1) is 0 Å². The molecule has 4 nitrogen and oxygen atoms in total. The van der Waals surface area contributed by atoms with Crippen molar-refractivity contribution in [2.45, 2.75) is 32.6 Å². The summed E-state index contributed by atoms with van der Waals surface area (Å²) in [4.78, 5) is 11.7. The first-order chi connectivity index (χ1) is 11.6. The molecule has 4 heteroatoms. The monoisotopic (exact) mass is 328 g/mol. The zero-order chi connectivity index (χ0) is 17.5. The highest BCUT2D eigenvalue weighted by atomic mass is 16.5. The second-order valence-electron chi connectivity index (χ2n) is 5.60. The molecule has 0 heterocycles. The van der Waals surface area contributed by atoms with Crippen molar-refractivity contribution in [3.8, 4) is 11.5 Å². The maximum absolute atomic E-state index is 11.7. The Morgan fingerprint density at radius 3 is 2.38 bits per heavy atom. The summed E-state index contributed by atoms with van der Waals surface area (Å²) in [6.07, 6.45) is 1.29. The first-order valence-corrected chi connectivity index (χ1v) is 8.20. The van der Waals surface area contributed by atoms with E-state index in [0.717, 1.165) is 34.6 Å². The SMILES string of the molecule is CCOc1ccc(C(Cc2ccc(OC)c(CC)c2)C(=O)O)cc1. The van der Waals surface area contributed by atoms with E-state index >= 15 is 0 Å². The Morgan fingerprint density at radius 2 is 1.83 bits per heavy atom. The quantitative estimate of drug-likeness (QED) is 0.794. The Bertz CT molecular complexity index is 677. The van der Waals surface area contributed by atoms with Crippen molar-refractivity contribution in [1.82, 2.24) is 0 Å². The standard InChI is InChI=1S/C20H24O4/c1-4-15-12-14(6-11-19(15)23-3)13-18(20(21)22)16-7-9-17(10-8-16)24-5-2/h6-12,18H,4-5,13H2,1-3H3,(H,21,22). The molecule has 2 aromatic rings. The Balaban J connectivity index is 2.24. The molecular weight excluding hydrogens is 304 g/mol. The van der Waals surface area contributed by atoms with Crippen molar-refractivity contribution in [1.29, 1.82) is 0 Å². The van der Waals surface area contributed by atoms with Gasteiger partial charge in [-0.25, -0.2) is 0 Å². The van der Waals surface area contributed by atoms with Gasteiger partial charge in [0, 0.05) is 0 Å². The molecule has 1 unspecified atom stereocenters. The van der Waals surface area contributed by atoms with Crippen molar-refractivity contribution < 1.29 is 19.4 Å². The van der Waals surface area contributed by atoms with Crippen LogP contribution in [0.1, 0.15) is 36.5 Å². The number of carbonyl (C=O) groups is 1. The number of hydrogen-bond donors (Lipinski definition) is 1. The Kier molecular flexibility index (Phi) is 6.24. The topological polar surface area (TPSA) is 55.8 Å². The lowest BCUT2D eigenvalue weighted by molar-refractivity contribution is -0.138. The van der Waals surface area contributed by atoms with E-state index in [9.17, 15) is 9.90 Å². The van der Waals surface area contributed by atoms with E-state index in [2.05, 4.69) is 6.92 Å². The summed E-state index contributed by atoms with van der Waals surface area (Å²) in [7, 11) is 1.65. The van der Waals surface area contributed by atoms with Crippen LogP contribution in [0.3, 0.4) is 0 Å². The fourth-order valence-electron chi connectivity index (χ4n) is 2.78. The van der Waals surface area contributed by atoms with Crippen LogP contribution in [0.4, 0.5) is 0 Å². The average Bonchev–Trinajstić information content (AvgIpc) is 2.60. The minimum absolute atomic E-state index is 0.445. The van der Waals surface area contributed by atoms with E-state index in [1.54, 1.807) is 7.11 Å². The summed E-state index contributed by atoms with van der Waals surface area (Å²) < 4.78 is 10.7. The van der Waals surface area contributed by atoms with Gasteiger partial charge in [-0.05, 0) is 54.7 Å². The predicted octanol–water partition coefficient (Wildman–Crippen LogP) is 4.07. The molecule has 0 bridgehead atoms. The molecule has 0 radical (unpaired) electrons. The van der Waals surface area contributed by atoms with E-state index in [4.69, 9.17) is 9.47 Å². The van der Waals surface area contributed by atoms with E-state index in [-0.39, 0.29) is 0 Å². The van der Waals surface area contributed by atoms with Gasteiger partial charge in [0.2, 0.25) is 0 Å². The third kappa shape index (κ3) is 4.28. The largest absolute Gasteiger partial charge is 0.496 e. The predicted molar refractivity (Wildman–Crippen MR) is 94.1 cm³/mol. The molecule has 0 saturated carbocycles. The summed E-state index contributed by atoms with van der Waals surface area (Å²) in [5.41, 5.74) is 2.86. The fourth-order valence-corrected chi connectivity index (χ4v) is 2.78. The maximum atomic E-state index is 11.7. The molecule has 0 aromatic heterocycles. The number of hydrogen-bond acceptors (Lipinski definition) is 3. The zero-order valence-corrected chi connectivity index (χ0v) is 14.4. The van der Waals surface area contributed by atoms with Gasteiger partial charge in [0.05, 0.1) is 19.6 Å². The highest BCUT2D eigenvalue weighted by Crippen LogP contribution is 2.27. The van der Waals surface area contributed by atoms with Crippen LogP contribution >= 0.6 is 0 Å². The van der Waals surface area contributed by atoms with Gasteiger partial charge in [-0.2, -0.15) is 0 Å². The van der Waals surface area contributed by atoms with Crippen molar-refractivity contribution in [2.24, 2.45) is 0 Å². The smallest absolute Gasteiger partial charge is 0.311 e. The fraction of sp³-hybridized carbons (Fsp3) is 0.350. The van der Waals surface area contributed by atoms with Gasteiger partial charge in [0.25, 0.3) is 0 Å². The number of carboxylic acids is 1. The van der Waals surface area contributed by atoms with Crippen molar-refractivity contribution in [2.75, 3.05) is 13.7 Å². The van der Waals surface area contributed by atoms with Crippen LogP contribution in [0, 0.1) is 0 Å². The van der Waals surface area contributed by atoms with Gasteiger partial charge in [-0.1, -0.05) is 31.2 Å². The summed E-state index contributed by atoms with van der Waals surface area (Å²) in [6.45, 7) is 4.57. The van der Waals surface area contributed by atoms with E-state index in [1.807, 2.05) is 49.4 Å². The molecule has 2 aromatic carbocycles. The molecular formula is C20H24O4. The number of carboxylic acid groups (broad SMARTS) is 1. The van der Waals surface area contributed by atoms with Crippen molar-refractivity contribution >= 4 is 5.97 Å². The number of methoxy groups -OCH3 is 1. The molecule has 2 rings (SSSR count). The number of ether oxygens (including phenoxy) is 2. The normalized spacial score (nSPS) is 11.8. The highest BCUT2D eigenvalue weighted by molar-refractivity contribution is 5.76. The van der Waals surface area contributed by atoms with Crippen molar-refractivity contribution in [3.63, 3.8) is 0 Å². The van der Waals surface area contributed by atoms with E-state index in [0.29, 0.717) is 13.0 Å². The molecule has 0 aliphatic carbocycles. The first kappa shape index (κ1) is 17.9. The van der Waals surface area contributed by atoms with Crippen LogP contribution in [0.2, 0.25) is 0 Å². The molecule has 24 heavy (non-hydrogen) atoms. The maximum Gasteiger partial charge on any atom is 0.311 e. The van der Waals surface area contributed by atoms with Crippen molar-refractivity contribution in [3.05, 3.63) is 59.2 Å². The molecule has 0 aliphatic rings. The van der Waals surface area contributed by atoms with Crippen LogP contribution in [-0.4, -0.2) is 24.8 Å². The lowest BCUT2D eigenvalue weighted by atomic mass is 9.91. The van der Waals surface area contributed by atoms with E-state index in [1.165, 1.54) is 0 Å². The van der Waals surface area contributed by atoms with Gasteiger partial charge in [-0.3, -0.25) is 4.79 Å². The molecule has 0 aliphatic heterocycles. The Labute approximate surface area is 143 Å². The number of aryl methyl sites for hydroxylation is 1. The molecule has 1 atom stereocenters. The minimum Gasteiger partial charge on any atom is -0.496 e. The lowest BCUT2D eigenvalue weighted by Crippen LogP contribution is -2.14. The first-order valence-electron chi connectivity index (χ1n) is 8.20. The Morgan fingerprint density at radius 1 is 1.12 bits per heavy atom. The molecule has 128 valence electrons. The molecule has 0 amide bonds. The summed E-state index contributed by atoms with van der Waals surface area (Å²) in [5.74, 6) is 0.184. The van der Waals surface area contributed by atoms with E-state index < -0.39 is 11.9 Å².